The van der Waals surface area contributed by atoms with Crippen LogP contribution in [0.2, 0.25) is 0 Å². The van der Waals surface area contributed by atoms with Crippen LogP contribution in [0, 0.1) is 17.0 Å². The van der Waals surface area contributed by atoms with Crippen molar-refractivity contribution in [3.8, 4) is 0 Å². The number of rotatable bonds is 4. The Morgan fingerprint density at radius 3 is 2.62 bits per heavy atom. The lowest BCUT2D eigenvalue weighted by atomic mass is 10.1. The zero-order valence-electron chi connectivity index (χ0n) is 11.6. The van der Waals surface area contributed by atoms with Crippen molar-refractivity contribution < 1.29 is 9.72 Å². The highest BCUT2D eigenvalue weighted by Gasteiger charge is 2.13. The van der Waals surface area contributed by atoms with E-state index in [1.807, 2.05) is 0 Å². The Kier molecular flexibility index (Phi) is 4.13. The highest BCUT2D eigenvalue weighted by molar-refractivity contribution is 6.04. The largest absolute Gasteiger partial charge is 0.373 e. The molecule has 1 aromatic carbocycles. The Balaban J connectivity index is 2.19. The molecule has 2 N–H and O–H groups in total. The third-order valence-electron chi connectivity index (χ3n) is 2.95. The number of hydrogen-bond donors (Lipinski definition) is 2. The second kappa shape index (κ2) is 6.00. The molecule has 0 aliphatic carbocycles. The first-order valence-electron chi connectivity index (χ1n) is 6.21. The van der Waals surface area contributed by atoms with Crippen LogP contribution in [0.4, 0.5) is 17.2 Å². The van der Waals surface area contributed by atoms with E-state index in [4.69, 9.17) is 0 Å². The van der Waals surface area contributed by atoms with E-state index in [0.29, 0.717) is 22.6 Å². The molecule has 108 valence electrons. The molecule has 2 rings (SSSR count). The molecule has 21 heavy (non-hydrogen) atoms. The standard InChI is InChI=1S/C14H14N4O3/c1-9-3-5-11(7-12(9)18(20)21)17-14(19)10-4-6-13(15-2)16-8-10/h3-8H,1-2H3,(H,15,16)(H,17,19). The van der Waals surface area contributed by atoms with Gasteiger partial charge in [0.2, 0.25) is 0 Å². The van der Waals surface area contributed by atoms with Crippen LogP contribution in [-0.4, -0.2) is 22.9 Å². The van der Waals surface area contributed by atoms with Gasteiger partial charge in [-0.15, -0.1) is 0 Å². The highest BCUT2D eigenvalue weighted by atomic mass is 16.6. The Morgan fingerprint density at radius 2 is 2.05 bits per heavy atom. The lowest BCUT2D eigenvalue weighted by molar-refractivity contribution is -0.385. The molecule has 0 aliphatic rings. The minimum absolute atomic E-state index is 0.0311. The van der Waals surface area contributed by atoms with Crippen LogP contribution < -0.4 is 10.6 Å². The van der Waals surface area contributed by atoms with E-state index in [1.54, 1.807) is 38.2 Å². The van der Waals surface area contributed by atoms with Crippen molar-refractivity contribution in [3.63, 3.8) is 0 Å². The third-order valence-corrected chi connectivity index (χ3v) is 2.95. The fourth-order valence-corrected chi connectivity index (χ4v) is 1.76. The summed E-state index contributed by atoms with van der Waals surface area (Å²) in [6, 6.07) is 7.84. The monoisotopic (exact) mass is 286 g/mol. The molecule has 0 fully saturated rings. The second-order valence-corrected chi connectivity index (χ2v) is 4.39. The van der Waals surface area contributed by atoms with Crippen molar-refractivity contribution in [3.05, 3.63) is 57.8 Å². The van der Waals surface area contributed by atoms with E-state index in [0.717, 1.165) is 0 Å². The van der Waals surface area contributed by atoms with Gasteiger partial charge in [0.1, 0.15) is 5.82 Å². The lowest BCUT2D eigenvalue weighted by Crippen LogP contribution is -2.12. The molecule has 7 heteroatoms. The summed E-state index contributed by atoms with van der Waals surface area (Å²) in [4.78, 5) is 26.5. The molecule has 0 bridgehead atoms. The number of anilines is 2. The molecule has 1 aromatic heterocycles. The summed E-state index contributed by atoms with van der Waals surface area (Å²) in [5.41, 5.74) is 1.25. The predicted octanol–water partition coefficient (Wildman–Crippen LogP) is 2.59. The van der Waals surface area contributed by atoms with Crippen molar-refractivity contribution in [2.24, 2.45) is 0 Å². The number of nitrogens with zero attached hydrogens (tertiary/aromatic N) is 2. The van der Waals surface area contributed by atoms with Crippen LogP contribution in [-0.2, 0) is 0 Å². The zero-order valence-corrected chi connectivity index (χ0v) is 11.6. The number of nitro groups is 1. The van der Waals surface area contributed by atoms with E-state index in [2.05, 4.69) is 15.6 Å². The fraction of sp³-hybridized carbons (Fsp3) is 0.143. The number of amides is 1. The van der Waals surface area contributed by atoms with Gasteiger partial charge in [-0.25, -0.2) is 4.98 Å². The Bertz CT molecular complexity index is 683. The number of nitrogens with one attached hydrogen (secondary N) is 2. The minimum Gasteiger partial charge on any atom is -0.373 e. The average Bonchev–Trinajstić information content (AvgIpc) is 2.49. The van der Waals surface area contributed by atoms with Gasteiger partial charge in [0.05, 0.1) is 10.5 Å². The molecule has 2 aromatic rings. The normalized spacial score (nSPS) is 10.0. The number of carbonyl (C=O) groups is 1. The molecule has 0 spiro atoms. The fourth-order valence-electron chi connectivity index (χ4n) is 1.76. The highest BCUT2D eigenvalue weighted by Crippen LogP contribution is 2.22. The van der Waals surface area contributed by atoms with Crippen molar-refractivity contribution in [1.29, 1.82) is 0 Å². The molecule has 0 unspecified atom stereocenters. The summed E-state index contributed by atoms with van der Waals surface area (Å²) < 4.78 is 0. The number of aromatic nitrogens is 1. The Labute approximate surface area is 121 Å². The number of pyridine rings is 1. The molecular formula is C14H14N4O3. The Hall–Kier alpha value is -2.96. The van der Waals surface area contributed by atoms with Gasteiger partial charge in [0, 0.05) is 30.6 Å². The summed E-state index contributed by atoms with van der Waals surface area (Å²) in [5, 5.41) is 16.3. The maximum atomic E-state index is 12.0. The maximum Gasteiger partial charge on any atom is 0.274 e. The zero-order chi connectivity index (χ0) is 15.4. The predicted molar refractivity (Wildman–Crippen MR) is 79.6 cm³/mol. The van der Waals surface area contributed by atoms with Crippen LogP contribution in [0.3, 0.4) is 0 Å². The van der Waals surface area contributed by atoms with Crippen LogP contribution in [0.5, 0.6) is 0 Å². The molecule has 0 atom stereocenters. The van der Waals surface area contributed by atoms with Crippen molar-refractivity contribution in [2.75, 3.05) is 17.7 Å². The van der Waals surface area contributed by atoms with Crippen LogP contribution in [0.25, 0.3) is 0 Å². The molecule has 0 radical (unpaired) electrons. The molecule has 0 aliphatic heterocycles. The topological polar surface area (TPSA) is 97.2 Å². The van der Waals surface area contributed by atoms with Gasteiger partial charge in [0.15, 0.2) is 0 Å². The second-order valence-electron chi connectivity index (χ2n) is 4.39. The van der Waals surface area contributed by atoms with Crippen LogP contribution in [0.15, 0.2) is 36.5 Å². The summed E-state index contributed by atoms with van der Waals surface area (Å²) in [5.74, 6) is 0.279. The SMILES string of the molecule is CNc1ccc(C(=O)Nc2ccc(C)c([N+](=O)[O-])c2)cn1. The first-order chi connectivity index (χ1) is 10.0. The number of aryl methyl sites for hydroxylation is 1. The molecule has 7 nitrogen and oxygen atoms in total. The molecule has 0 saturated carbocycles. The van der Waals surface area contributed by atoms with Gasteiger partial charge in [-0.2, -0.15) is 0 Å². The third kappa shape index (κ3) is 3.33. The van der Waals surface area contributed by atoms with Crippen molar-refractivity contribution in [1.82, 2.24) is 4.98 Å². The molecule has 1 heterocycles. The number of carbonyl (C=O) groups excluding carboxylic acids is 1. The molecule has 1 amide bonds. The molecule has 0 saturated heterocycles. The summed E-state index contributed by atoms with van der Waals surface area (Å²) in [6.07, 6.45) is 1.43. The van der Waals surface area contributed by atoms with E-state index in [1.165, 1.54) is 12.3 Å². The Morgan fingerprint density at radius 1 is 1.29 bits per heavy atom. The van der Waals surface area contributed by atoms with Gasteiger partial charge in [-0.3, -0.25) is 14.9 Å². The number of benzene rings is 1. The van der Waals surface area contributed by atoms with E-state index in [-0.39, 0.29) is 11.6 Å². The molecular weight excluding hydrogens is 272 g/mol. The minimum atomic E-state index is -0.478. The van der Waals surface area contributed by atoms with Crippen molar-refractivity contribution in [2.45, 2.75) is 6.92 Å². The van der Waals surface area contributed by atoms with E-state index in [9.17, 15) is 14.9 Å². The van der Waals surface area contributed by atoms with Gasteiger partial charge in [-0.05, 0) is 25.1 Å². The van der Waals surface area contributed by atoms with Crippen LogP contribution in [0.1, 0.15) is 15.9 Å². The average molecular weight is 286 g/mol. The van der Waals surface area contributed by atoms with E-state index >= 15 is 0 Å². The first kappa shape index (κ1) is 14.4. The number of hydrogen-bond acceptors (Lipinski definition) is 5. The van der Waals surface area contributed by atoms with Gasteiger partial charge < -0.3 is 10.6 Å². The summed E-state index contributed by atoms with van der Waals surface area (Å²) in [6.45, 7) is 1.64. The first-order valence-corrected chi connectivity index (χ1v) is 6.21. The summed E-state index contributed by atoms with van der Waals surface area (Å²) >= 11 is 0. The van der Waals surface area contributed by atoms with E-state index < -0.39 is 4.92 Å². The van der Waals surface area contributed by atoms with Crippen LogP contribution >= 0.6 is 0 Å². The lowest BCUT2D eigenvalue weighted by Gasteiger charge is -2.06. The van der Waals surface area contributed by atoms with Gasteiger partial charge >= 0.3 is 0 Å². The van der Waals surface area contributed by atoms with Gasteiger partial charge in [-0.1, -0.05) is 6.07 Å². The maximum absolute atomic E-state index is 12.0. The van der Waals surface area contributed by atoms with Gasteiger partial charge in [0.25, 0.3) is 11.6 Å². The smallest absolute Gasteiger partial charge is 0.274 e. The summed E-state index contributed by atoms with van der Waals surface area (Å²) in [7, 11) is 1.73. The number of nitro benzene ring substituents is 1. The van der Waals surface area contributed by atoms with Crippen molar-refractivity contribution >= 4 is 23.1 Å². The quantitative estimate of drug-likeness (QED) is 0.665.